The van der Waals surface area contributed by atoms with E-state index < -0.39 is 5.97 Å². The van der Waals surface area contributed by atoms with Crippen molar-refractivity contribution >= 4 is 23.6 Å². The number of carbonyl (C=O) groups is 2. The molecule has 2 heterocycles. The molecule has 1 atom stereocenters. The Morgan fingerprint density at radius 3 is 2.94 bits per heavy atom. The van der Waals surface area contributed by atoms with Crippen molar-refractivity contribution < 1.29 is 19.1 Å². The molecule has 2 rings (SSSR count). The number of furan rings is 1. The summed E-state index contributed by atoms with van der Waals surface area (Å²) in [6.07, 6.45) is 1.99. The van der Waals surface area contributed by atoms with Crippen LogP contribution in [0.4, 0.5) is 0 Å². The van der Waals surface area contributed by atoms with Crippen LogP contribution in [0.5, 0.6) is 0 Å². The van der Waals surface area contributed by atoms with Gasteiger partial charge in [0.05, 0.1) is 11.8 Å². The Morgan fingerprint density at radius 1 is 1.53 bits per heavy atom. The molecule has 0 aromatic carbocycles. The highest BCUT2D eigenvalue weighted by Gasteiger charge is 2.23. The van der Waals surface area contributed by atoms with Crippen molar-refractivity contribution in [1.82, 2.24) is 5.32 Å². The highest BCUT2D eigenvalue weighted by atomic mass is 32.2. The van der Waals surface area contributed by atoms with Crippen LogP contribution in [0.3, 0.4) is 0 Å². The molecule has 92 valence electrons. The van der Waals surface area contributed by atoms with Crippen LogP contribution in [0.2, 0.25) is 0 Å². The third-order valence-electron chi connectivity index (χ3n) is 2.53. The molecule has 0 bridgehead atoms. The van der Waals surface area contributed by atoms with Crippen LogP contribution >= 0.6 is 11.8 Å². The lowest BCUT2D eigenvalue weighted by atomic mass is 10.2. The molecular formula is C11H13NO4S. The van der Waals surface area contributed by atoms with Crippen molar-refractivity contribution in [1.29, 1.82) is 0 Å². The molecule has 1 aromatic heterocycles. The molecule has 1 amide bonds. The van der Waals surface area contributed by atoms with E-state index in [9.17, 15) is 9.59 Å². The van der Waals surface area contributed by atoms with E-state index in [1.54, 1.807) is 17.8 Å². The zero-order chi connectivity index (χ0) is 12.3. The molecule has 1 saturated heterocycles. The van der Waals surface area contributed by atoms with Gasteiger partial charge in [-0.3, -0.25) is 4.79 Å². The van der Waals surface area contributed by atoms with Crippen LogP contribution in [0.15, 0.2) is 16.5 Å². The van der Waals surface area contributed by atoms with Gasteiger partial charge in [-0.25, -0.2) is 4.79 Å². The number of hydrogen-bond donors (Lipinski definition) is 2. The van der Waals surface area contributed by atoms with E-state index in [1.807, 2.05) is 0 Å². The second-order valence-electron chi connectivity index (χ2n) is 3.79. The van der Waals surface area contributed by atoms with E-state index in [0.717, 1.165) is 18.6 Å². The molecule has 0 spiro atoms. The van der Waals surface area contributed by atoms with Gasteiger partial charge in [0.15, 0.2) is 0 Å². The van der Waals surface area contributed by atoms with Gasteiger partial charge >= 0.3 is 5.97 Å². The molecule has 1 aromatic rings. The average molecular weight is 255 g/mol. The molecule has 1 aliphatic heterocycles. The lowest BCUT2D eigenvalue weighted by Crippen LogP contribution is -2.30. The molecule has 6 heteroatoms. The number of aromatic carboxylic acids is 1. The summed E-state index contributed by atoms with van der Waals surface area (Å²) in [6, 6.07) is 2.94. The second-order valence-corrected chi connectivity index (χ2v) is 5.10. The van der Waals surface area contributed by atoms with Crippen LogP contribution in [-0.2, 0) is 11.3 Å². The van der Waals surface area contributed by atoms with Gasteiger partial charge in [0.25, 0.3) is 0 Å². The largest absolute Gasteiger partial charge is 0.475 e. The summed E-state index contributed by atoms with van der Waals surface area (Å²) in [7, 11) is 0. The van der Waals surface area contributed by atoms with E-state index >= 15 is 0 Å². The predicted octanol–water partition coefficient (Wildman–Crippen LogP) is 1.49. The fourth-order valence-electron chi connectivity index (χ4n) is 1.66. The van der Waals surface area contributed by atoms with Crippen molar-refractivity contribution in [3.8, 4) is 0 Å². The first-order valence-electron chi connectivity index (χ1n) is 5.38. The topological polar surface area (TPSA) is 79.5 Å². The van der Waals surface area contributed by atoms with E-state index in [0.29, 0.717) is 5.76 Å². The number of hydrogen-bond acceptors (Lipinski definition) is 4. The third-order valence-corrected chi connectivity index (χ3v) is 3.91. The van der Waals surface area contributed by atoms with Gasteiger partial charge in [-0.1, -0.05) is 0 Å². The van der Waals surface area contributed by atoms with Crippen LogP contribution in [-0.4, -0.2) is 28.0 Å². The van der Waals surface area contributed by atoms with Crippen molar-refractivity contribution in [3.05, 3.63) is 23.7 Å². The maximum Gasteiger partial charge on any atom is 0.371 e. The van der Waals surface area contributed by atoms with Crippen LogP contribution in [0.1, 0.15) is 29.2 Å². The van der Waals surface area contributed by atoms with Gasteiger partial charge < -0.3 is 14.8 Å². The van der Waals surface area contributed by atoms with E-state index in [-0.39, 0.29) is 23.5 Å². The third kappa shape index (κ3) is 3.03. The highest BCUT2D eigenvalue weighted by molar-refractivity contribution is 8.00. The quantitative estimate of drug-likeness (QED) is 0.852. The SMILES string of the molecule is O=C(O)c1ccc(CNC(=O)C2CCCS2)o1. The summed E-state index contributed by atoms with van der Waals surface area (Å²) >= 11 is 1.66. The number of nitrogens with one attached hydrogen (secondary N) is 1. The number of carbonyl (C=O) groups excluding carboxylic acids is 1. The van der Waals surface area contributed by atoms with Crippen molar-refractivity contribution in [2.75, 3.05) is 5.75 Å². The number of carboxylic acids is 1. The smallest absolute Gasteiger partial charge is 0.371 e. The molecule has 1 fully saturated rings. The van der Waals surface area contributed by atoms with Gasteiger partial charge in [-0.2, -0.15) is 0 Å². The highest BCUT2D eigenvalue weighted by Crippen LogP contribution is 2.26. The normalized spacial score (nSPS) is 19.2. The molecular weight excluding hydrogens is 242 g/mol. The fraction of sp³-hybridized carbons (Fsp3) is 0.455. The molecule has 17 heavy (non-hydrogen) atoms. The van der Waals surface area contributed by atoms with Gasteiger partial charge in [0.1, 0.15) is 5.76 Å². The van der Waals surface area contributed by atoms with Crippen LogP contribution in [0, 0.1) is 0 Å². The molecule has 0 aliphatic carbocycles. The number of carboxylic acid groups (broad SMARTS) is 1. The Bertz CT molecular complexity index is 423. The number of thioether (sulfide) groups is 1. The van der Waals surface area contributed by atoms with Crippen molar-refractivity contribution in [2.24, 2.45) is 0 Å². The summed E-state index contributed by atoms with van der Waals surface area (Å²) in [4.78, 5) is 22.2. The van der Waals surface area contributed by atoms with E-state index in [4.69, 9.17) is 9.52 Å². The summed E-state index contributed by atoms with van der Waals surface area (Å²) in [6.45, 7) is 0.239. The lowest BCUT2D eigenvalue weighted by Gasteiger charge is -2.08. The monoisotopic (exact) mass is 255 g/mol. The Balaban J connectivity index is 1.84. The Morgan fingerprint density at radius 2 is 2.35 bits per heavy atom. The Kier molecular flexibility index (Phi) is 3.73. The van der Waals surface area contributed by atoms with Crippen LogP contribution < -0.4 is 5.32 Å². The first-order chi connectivity index (χ1) is 8.16. The molecule has 5 nitrogen and oxygen atoms in total. The summed E-state index contributed by atoms with van der Waals surface area (Å²) in [5.41, 5.74) is 0. The van der Waals surface area contributed by atoms with E-state index in [1.165, 1.54) is 6.07 Å². The average Bonchev–Trinajstić information content (AvgIpc) is 2.97. The minimum atomic E-state index is -1.10. The van der Waals surface area contributed by atoms with Crippen molar-refractivity contribution in [3.63, 3.8) is 0 Å². The minimum absolute atomic E-state index is 0.000718. The molecule has 0 radical (unpaired) electrons. The van der Waals surface area contributed by atoms with Gasteiger partial charge in [0, 0.05) is 0 Å². The van der Waals surface area contributed by atoms with Gasteiger partial charge in [0.2, 0.25) is 11.7 Å². The molecule has 1 aliphatic rings. The second kappa shape index (κ2) is 5.27. The first kappa shape index (κ1) is 12.0. The maximum absolute atomic E-state index is 11.7. The zero-order valence-electron chi connectivity index (χ0n) is 9.14. The maximum atomic E-state index is 11.7. The first-order valence-corrected chi connectivity index (χ1v) is 6.43. The number of amides is 1. The standard InChI is InChI=1S/C11H13NO4S/c13-10(9-2-1-5-17-9)12-6-7-3-4-8(16-7)11(14)15/h3-4,9H,1-2,5-6H2,(H,12,13)(H,14,15). The fourth-order valence-corrected chi connectivity index (χ4v) is 2.85. The Labute approximate surface area is 103 Å². The minimum Gasteiger partial charge on any atom is -0.475 e. The summed E-state index contributed by atoms with van der Waals surface area (Å²) < 4.78 is 5.04. The predicted molar refractivity (Wildman–Crippen MR) is 63.0 cm³/mol. The molecule has 0 saturated carbocycles. The molecule has 1 unspecified atom stereocenters. The summed E-state index contributed by atoms with van der Waals surface area (Å²) in [5, 5.41) is 11.4. The number of rotatable bonds is 4. The van der Waals surface area contributed by atoms with Gasteiger partial charge in [-0.05, 0) is 30.7 Å². The molecule has 2 N–H and O–H groups in total. The van der Waals surface area contributed by atoms with E-state index in [2.05, 4.69) is 5.32 Å². The lowest BCUT2D eigenvalue weighted by molar-refractivity contribution is -0.120. The van der Waals surface area contributed by atoms with Crippen molar-refractivity contribution in [2.45, 2.75) is 24.6 Å². The van der Waals surface area contributed by atoms with Crippen LogP contribution in [0.25, 0.3) is 0 Å². The Hall–Kier alpha value is -1.43. The zero-order valence-corrected chi connectivity index (χ0v) is 9.96. The van der Waals surface area contributed by atoms with Gasteiger partial charge in [-0.15, -0.1) is 11.8 Å². The summed E-state index contributed by atoms with van der Waals surface area (Å²) in [5.74, 6) is 0.278.